The summed E-state index contributed by atoms with van der Waals surface area (Å²) in [5.74, 6) is 0.908. The highest BCUT2D eigenvalue weighted by Gasteiger charge is 2.56. The lowest BCUT2D eigenvalue weighted by Crippen LogP contribution is -2.46. The fraction of sp³-hybridized carbons (Fsp3) is 0.609. The first-order valence-electron chi connectivity index (χ1n) is 10.9. The van der Waals surface area contributed by atoms with Crippen LogP contribution in [0.1, 0.15) is 63.4 Å². The van der Waals surface area contributed by atoms with Crippen molar-refractivity contribution in [1.29, 1.82) is 0 Å². The van der Waals surface area contributed by atoms with Gasteiger partial charge < -0.3 is 4.90 Å². The lowest BCUT2D eigenvalue weighted by molar-refractivity contribution is -0.140. The molecule has 3 aliphatic rings. The zero-order valence-corrected chi connectivity index (χ0v) is 17.8. The molecule has 2 saturated carbocycles. The van der Waals surface area contributed by atoms with Crippen LogP contribution in [0.5, 0.6) is 0 Å². The second-order valence-electron chi connectivity index (χ2n) is 10.2. The van der Waals surface area contributed by atoms with Crippen molar-refractivity contribution in [1.82, 2.24) is 19.7 Å². The van der Waals surface area contributed by atoms with Crippen LogP contribution < -0.4 is 0 Å². The summed E-state index contributed by atoms with van der Waals surface area (Å²) in [6.45, 7) is 5.99. The Bertz CT molecular complexity index is 1050. The highest BCUT2D eigenvalue weighted by Crippen LogP contribution is 2.50. The van der Waals surface area contributed by atoms with E-state index >= 15 is 0 Å². The topological polar surface area (TPSA) is 85.2 Å². The minimum absolute atomic E-state index is 0.0267. The molecule has 3 fully saturated rings. The number of carbonyl (C=O) groups excluding carboxylic acids is 3. The molecule has 0 spiro atoms. The van der Waals surface area contributed by atoms with E-state index < -0.39 is 0 Å². The third kappa shape index (κ3) is 3.24. The van der Waals surface area contributed by atoms with Crippen molar-refractivity contribution in [2.24, 2.45) is 17.3 Å². The first kappa shape index (κ1) is 19.4. The van der Waals surface area contributed by atoms with Gasteiger partial charge in [-0.3, -0.25) is 24.0 Å². The van der Waals surface area contributed by atoms with Crippen LogP contribution in [-0.4, -0.2) is 49.2 Å². The molecule has 1 aliphatic heterocycles. The number of hydrogen-bond donors (Lipinski definition) is 0. The van der Waals surface area contributed by atoms with Crippen molar-refractivity contribution in [2.75, 3.05) is 0 Å². The summed E-state index contributed by atoms with van der Waals surface area (Å²) in [5, 5.41) is 5.10. The molecule has 0 unspecified atom stereocenters. The van der Waals surface area contributed by atoms with E-state index in [2.05, 4.69) is 23.9 Å². The molecule has 2 aliphatic carbocycles. The highest BCUT2D eigenvalue weighted by molar-refractivity contribution is 6.04. The summed E-state index contributed by atoms with van der Waals surface area (Å²) < 4.78 is 1.56. The van der Waals surface area contributed by atoms with Gasteiger partial charge in [0.1, 0.15) is 12.2 Å². The van der Waals surface area contributed by atoms with Gasteiger partial charge in [-0.2, -0.15) is 5.10 Å². The van der Waals surface area contributed by atoms with E-state index in [0.29, 0.717) is 40.3 Å². The summed E-state index contributed by atoms with van der Waals surface area (Å²) in [6, 6.07) is 1.65. The van der Waals surface area contributed by atoms with Crippen LogP contribution in [0, 0.1) is 17.3 Å². The smallest absolute Gasteiger partial charge is 0.245 e. The maximum atomic E-state index is 13.3. The largest absolute Gasteiger partial charge is 0.328 e. The molecule has 3 atom stereocenters. The van der Waals surface area contributed by atoms with E-state index in [9.17, 15) is 14.4 Å². The molecule has 5 rings (SSSR count). The number of pyridine rings is 1. The lowest BCUT2D eigenvalue weighted by atomic mass is 9.63. The van der Waals surface area contributed by atoms with Crippen LogP contribution >= 0.6 is 0 Å². The standard InChI is InChI=1S/C23H28N4O3/c1-13(28)22-16-4-5-24-11-19(16)26(25-22)12-21(30)27-17-7-15(17)8-18(27)20(29)6-14-9-23(2,3)10-14/h4-5,11,14-15,17-18H,6-10,12H2,1-3H3/t15-,17-,18+/m1/s1. The van der Waals surface area contributed by atoms with E-state index in [0.717, 1.165) is 25.7 Å². The van der Waals surface area contributed by atoms with Crippen LogP contribution in [0.4, 0.5) is 0 Å². The summed E-state index contributed by atoms with van der Waals surface area (Å²) in [4.78, 5) is 44.2. The van der Waals surface area contributed by atoms with Crippen molar-refractivity contribution in [3.63, 3.8) is 0 Å². The third-order valence-corrected chi connectivity index (χ3v) is 7.11. The Labute approximate surface area is 175 Å². The van der Waals surface area contributed by atoms with Crippen LogP contribution in [0.2, 0.25) is 0 Å². The van der Waals surface area contributed by atoms with Gasteiger partial charge in [-0.05, 0) is 49.0 Å². The number of aromatic nitrogens is 3. The monoisotopic (exact) mass is 408 g/mol. The number of amides is 1. The minimum Gasteiger partial charge on any atom is -0.328 e. The molecule has 0 aromatic carbocycles. The van der Waals surface area contributed by atoms with Gasteiger partial charge in [0, 0.05) is 31.0 Å². The molecule has 2 aromatic rings. The molecule has 1 saturated heterocycles. The number of likely N-dealkylation sites (tertiary alicyclic amines) is 1. The Hall–Kier alpha value is -2.57. The Kier molecular flexibility index (Phi) is 4.35. The van der Waals surface area contributed by atoms with Crippen molar-refractivity contribution in [3.05, 3.63) is 24.2 Å². The Morgan fingerprint density at radius 2 is 1.97 bits per heavy atom. The molecule has 1 amide bonds. The lowest BCUT2D eigenvalue weighted by Gasteiger charge is -2.43. The van der Waals surface area contributed by atoms with Gasteiger partial charge in [-0.1, -0.05) is 13.8 Å². The number of hydrogen-bond acceptors (Lipinski definition) is 5. The number of ketones is 2. The van der Waals surface area contributed by atoms with Crippen LogP contribution in [0.15, 0.2) is 18.5 Å². The molecule has 0 N–H and O–H groups in total. The average Bonchev–Trinajstić information content (AvgIpc) is 3.16. The minimum atomic E-state index is -0.294. The number of fused-ring (bicyclic) bond motifs is 2. The molecule has 0 radical (unpaired) electrons. The van der Waals surface area contributed by atoms with Crippen LogP contribution in [0.3, 0.4) is 0 Å². The summed E-state index contributed by atoms with van der Waals surface area (Å²) >= 11 is 0. The highest BCUT2D eigenvalue weighted by atomic mass is 16.2. The van der Waals surface area contributed by atoms with Gasteiger partial charge in [-0.25, -0.2) is 0 Å². The predicted molar refractivity (Wildman–Crippen MR) is 111 cm³/mol. The first-order chi connectivity index (χ1) is 14.2. The van der Waals surface area contributed by atoms with Crippen LogP contribution in [-0.2, 0) is 16.1 Å². The van der Waals surface area contributed by atoms with Gasteiger partial charge in [0.25, 0.3) is 0 Å². The molecule has 0 bridgehead atoms. The fourth-order valence-corrected chi connectivity index (χ4v) is 5.78. The van der Waals surface area contributed by atoms with Gasteiger partial charge >= 0.3 is 0 Å². The molecule has 2 aromatic heterocycles. The average molecular weight is 409 g/mol. The molecular formula is C23H28N4O3. The quantitative estimate of drug-likeness (QED) is 0.686. The van der Waals surface area contributed by atoms with Crippen molar-refractivity contribution in [3.8, 4) is 0 Å². The van der Waals surface area contributed by atoms with E-state index in [1.165, 1.54) is 6.92 Å². The predicted octanol–water partition coefficient (Wildman–Crippen LogP) is 3.02. The molecule has 158 valence electrons. The fourth-order valence-electron chi connectivity index (χ4n) is 5.78. The molecule has 7 nitrogen and oxygen atoms in total. The number of rotatable bonds is 6. The number of carbonyl (C=O) groups is 3. The van der Waals surface area contributed by atoms with Crippen molar-refractivity contribution < 1.29 is 14.4 Å². The van der Waals surface area contributed by atoms with Crippen molar-refractivity contribution in [2.45, 2.75) is 71.5 Å². The maximum Gasteiger partial charge on any atom is 0.245 e. The number of Topliss-reactive ketones (excluding diaryl/α,β-unsaturated/α-hetero) is 2. The Morgan fingerprint density at radius 1 is 1.20 bits per heavy atom. The summed E-state index contributed by atoms with van der Waals surface area (Å²) in [6.07, 6.45) is 7.80. The number of piperidine rings is 1. The first-order valence-corrected chi connectivity index (χ1v) is 10.9. The summed E-state index contributed by atoms with van der Waals surface area (Å²) in [5.41, 5.74) is 1.37. The normalized spacial score (nSPS) is 27.0. The van der Waals surface area contributed by atoms with Crippen molar-refractivity contribution >= 4 is 28.4 Å². The third-order valence-electron chi connectivity index (χ3n) is 7.11. The zero-order chi connectivity index (χ0) is 21.2. The van der Waals surface area contributed by atoms with Gasteiger partial charge in [0.2, 0.25) is 5.91 Å². The van der Waals surface area contributed by atoms with E-state index in [4.69, 9.17) is 0 Å². The second kappa shape index (κ2) is 6.72. The molecule has 3 heterocycles. The van der Waals surface area contributed by atoms with Gasteiger partial charge in [0.05, 0.1) is 17.8 Å². The Morgan fingerprint density at radius 3 is 2.67 bits per heavy atom. The Balaban J connectivity index is 1.34. The number of nitrogens with zero attached hydrogens (tertiary/aromatic N) is 4. The van der Waals surface area contributed by atoms with E-state index in [-0.39, 0.29) is 36.1 Å². The zero-order valence-electron chi connectivity index (χ0n) is 17.8. The SMILES string of the molecule is CC(=O)c1nn(CC(=O)N2[C@@H]3C[C@@H]3C[C@H]2C(=O)CC2CC(C)(C)C2)c2cnccc12. The summed E-state index contributed by atoms with van der Waals surface area (Å²) in [7, 11) is 0. The van der Waals surface area contributed by atoms with Crippen LogP contribution in [0.25, 0.3) is 10.9 Å². The second-order valence-corrected chi connectivity index (χ2v) is 10.2. The van der Waals surface area contributed by atoms with Gasteiger partial charge in [0.15, 0.2) is 11.6 Å². The van der Waals surface area contributed by atoms with E-state index in [1.54, 1.807) is 23.1 Å². The molecular weight excluding hydrogens is 380 g/mol. The molecule has 7 heteroatoms. The van der Waals surface area contributed by atoms with E-state index in [1.807, 2.05) is 4.90 Å². The maximum absolute atomic E-state index is 13.3. The van der Waals surface area contributed by atoms with Gasteiger partial charge in [-0.15, -0.1) is 0 Å². The molecule has 30 heavy (non-hydrogen) atoms.